The third-order valence-electron chi connectivity index (χ3n) is 3.11. The van der Waals surface area contributed by atoms with E-state index in [-0.39, 0.29) is 16.3 Å². The van der Waals surface area contributed by atoms with Crippen LogP contribution in [0.2, 0.25) is 10.0 Å². The minimum Gasteiger partial charge on any atom is -0.381 e. The Kier molecular flexibility index (Phi) is 5.27. The van der Waals surface area contributed by atoms with Crippen LogP contribution in [0.5, 0.6) is 0 Å². The highest BCUT2D eigenvalue weighted by atomic mass is 35.5. The monoisotopic (exact) mass is 376 g/mol. The molecule has 0 fully saturated rings. The Balaban J connectivity index is 2.58. The van der Waals surface area contributed by atoms with Crippen molar-refractivity contribution in [3.8, 4) is 0 Å². The average Bonchev–Trinajstić information content (AvgIpc) is 2.45. The molecule has 1 heterocycles. The average molecular weight is 377 g/mol. The number of hydrogen-bond donors (Lipinski definition) is 1. The van der Waals surface area contributed by atoms with Crippen LogP contribution < -0.4 is 0 Å². The summed E-state index contributed by atoms with van der Waals surface area (Å²) in [6, 6.07) is 4.45. The van der Waals surface area contributed by atoms with Crippen LogP contribution in [0.4, 0.5) is 0 Å². The topological polar surface area (TPSA) is 89.4 Å². The maximum absolute atomic E-state index is 11.6. The molecule has 124 valence electrons. The van der Waals surface area contributed by atoms with E-state index < -0.39 is 21.8 Å². The molecule has 0 saturated carbocycles. The highest BCUT2D eigenvalue weighted by molar-refractivity contribution is 7.86. The van der Waals surface area contributed by atoms with Gasteiger partial charge in [0.2, 0.25) is 0 Å². The summed E-state index contributed by atoms with van der Waals surface area (Å²) in [5.41, 5.74) is -1.40. The summed E-state index contributed by atoms with van der Waals surface area (Å²) in [6.45, 7) is 1.37. The quantitative estimate of drug-likeness (QED) is 0.806. The number of benzene rings is 1. The van der Waals surface area contributed by atoms with Crippen molar-refractivity contribution >= 4 is 33.3 Å². The normalized spacial score (nSPS) is 15.9. The lowest BCUT2D eigenvalue weighted by Gasteiger charge is -2.31. The predicted molar refractivity (Wildman–Crippen MR) is 86.7 cm³/mol. The first-order valence-corrected chi connectivity index (χ1v) is 9.00. The van der Waals surface area contributed by atoms with Gasteiger partial charge in [0.25, 0.3) is 10.1 Å². The second-order valence-corrected chi connectivity index (χ2v) is 7.53. The highest BCUT2D eigenvalue weighted by Gasteiger charge is 2.41. The second kappa shape index (κ2) is 6.70. The van der Waals surface area contributed by atoms with Gasteiger partial charge in [0, 0.05) is 28.0 Å². The van der Waals surface area contributed by atoms with E-state index in [2.05, 4.69) is 9.97 Å². The molecule has 0 bridgehead atoms. The van der Waals surface area contributed by atoms with E-state index in [1.54, 1.807) is 0 Å². The molecule has 9 heteroatoms. The Morgan fingerprint density at radius 3 is 2.52 bits per heavy atom. The SMILES string of the molecule is CC(O)(c1cnccn1)C(OS(C)(=O)=O)c1ccc(Cl)cc1Cl. The third-order valence-corrected chi connectivity index (χ3v) is 4.21. The summed E-state index contributed by atoms with van der Waals surface area (Å²) in [5.74, 6) is 0. The number of hydrogen-bond acceptors (Lipinski definition) is 6. The van der Waals surface area contributed by atoms with Crippen molar-refractivity contribution in [3.63, 3.8) is 0 Å². The lowest BCUT2D eigenvalue weighted by atomic mass is 9.90. The zero-order valence-corrected chi connectivity index (χ0v) is 14.6. The fraction of sp³-hybridized carbons (Fsp3) is 0.286. The summed E-state index contributed by atoms with van der Waals surface area (Å²) >= 11 is 12.0. The van der Waals surface area contributed by atoms with Crippen LogP contribution in [0, 0.1) is 0 Å². The number of nitrogens with zero attached hydrogens (tertiary/aromatic N) is 2. The lowest BCUT2D eigenvalue weighted by Crippen LogP contribution is -2.34. The smallest absolute Gasteiger partial charge is 0.265 e. The van der Waals surface area contributed by atoms with Crippen molar-refractivity contribution in [3.05, 3.63) is 58.1 Å². The van der Waals surface area contributed by atoms with Crippen LogP contribution in [-0.2, 0) is 19.9 Å². The van der Waals surface area contributed by atoms with Crippen molar-refractivity contribution < 1.29 is 17.7 Å². The molecule has 0 spiro atoms. The van der Waals surface area contributed by atoms with Gasteiger partial charge in [-0.2, -0.15) is 8.42 Å². The van der Waals surface area contributed by atoms with E-state index >= 15 is 0 Å². The summed E-state index contributed by atoms with van der Waals surface area (Å²) in [4.78, 5) is 7.90. The fourth-order valence-electron chi connectivity index (χ4n) is 2.03. The van der Waals surface area contributed by atoms with Gasteiger partial charge in [-0.15, -0.1) is 0 Å². The summed E-state index contributed by atoms with van der Waals surface area (Å²) in [7, 11) is -3.89. The molecule has 2 aromatic rings. The molecule has 0 aliphatic carbocycles. The fourth-order valence-corrected chi connectivity index (χ4v) is 3.18. The van der Waals surface area contributed by atoms with E-state index in [0.717, 1.165) is 6.26 Å². The first-order chi connectivity index (χ1) is 10.6. The number of aliphatic hydroxyl groups is 1. The van der Waals surface area contributed by atoms with Gasteiger partial charge in [-0.05, 0) is 19.1 Å². The minimum absolute atomic E-state index is 0.139. The third kappa shape index (κ3) is 4.39. The lowest BCUT2D eigenvalue weighted by molar-refractivity contribution is -0.0555. The van der Waals surface area contributed by atoms with Crippen molar-refractivity contribution in [1.82, 2.24) is 9.97 Å². The first kappa shape index (κ1) is 18.1. The van der Waals surface area contributed by atoms with Gasteiger partial charge in [0.05, 0.1) is 18.1 Å². The molecule has 0 aliphatic rings. The van der Waals surface area contributed by atoms with Crippen LogP contribution in [0.3, 0.4) is 0 Å². The molecular formula is C14H14Cl2N2O4S. The van der Waals surface area contributed by atoms with Gasteiger partial charge < -0.3 is 5.11 Å². The molecule has 2 unspecified atom stereocenters. The highest BCUT2D eigenvalue weighted by Crippen LogP contribution is 2.41. The van der Waals surface area contributed by atoms with E-state index in [1.165, 1.54) is 43.7 Å². The van der Waals surface area contributed by atoms with E-state index in [9.17, 15) is 13.5 Å². The van der Waals surface area contributed by atoms with Crippen LogP contribution >= 0.6 is 23.2 Å². The molecule has 0 amide bonds. The first-order valence-electron chi connectivity index (χ1n) is 6.43. The Labute approximate surface area is 144 Å². The maximum Gasteiger partial charge on any atom is 0.265 e. The molecule has 1 aromatic heterocycles. The largest absolute Gasteiger partial charge is 0.381 e. The number of rotatable bonds is 5. The van der Waals surface area contributed by atoms with Crippen LogP contribution in [0.15, 0.2) is 36.8 Å². The molecule has 1 N–H and O–H groups in total. The van der Waals surface area contributed by atoms with Crippen LogP contribution in [0.25, 0.3) is 0 Å². The standard InChI is InChI=1S/C14H14Cl2N2O4S/c1-14(19,12-8-17-5-6-18-12)13(22-23(2,20)21)10-4-3-9(15)7-11(10)16/h3-8,13,19H,1-2H3. The number of aromatic nitrogens is 2. The van der Waals surface area contributed by atoms with Gasteiger partial charge in [-0.3, -0.25) is 14.2 Å². The van der Waals surface area contributed by atoms with Crippen molar-refractivity contribution in [2.45, 2.75) is 18.6 Å². The molecule has 6 nitrogen and oxygen atoms in total. The zero-order valence-electron chi connectivity index (χ0n) is 12.3. The Morgan fingerprint density at radius 1 is 1.30 bits per heavy atom. The molecule has 2 atom stereocenters. The Bertz CT molecular complexity index is 798. The van der Waals surface area contributed by atoms with Crippen LogP contribution in [0.1, 0.15) is 24.3 Å². The van der Waals surface area contributed by atoms with E-state index in [0.29, 0.717) is 5.02 Å². The second-order valence-electron chi connectivity index (χ2n) is 5.08. The minimum atomic E-state index is -3.89. The van der Waals surface area contributed by atoms with Crippen LogP contribution in [-0.4, -0.2) is 29.7 Å². The van der Waals surface area contributed by atoms with Crippen molar-refractivity contribution in [1.29, 1.82) is 0 Å². The summed E-state index contributed by atoms with van der Waals surface area (Å²) < 4.78 is 28.4. The molecule has 0 aliphatic heterocycles. The van der Waals surface area contributed by atoms with Gasteiger partial charge in [0.1, 0.15) is 11.7 Å². The molecular weight excluding hydrogens is 363 g/mol. The maximum atomic E-state index is 11.6. The van der Waals surface area contributed by atoms with E-state index in [4.69, 9.17) is 27.4 Å². The Hall–Kier alpha value is -1.25. The molecule has 1 aromatic carbocycles. The van der Waals surface area contributed by atoms with E-state index in [1.807, 2.05) is 0 Å². The molecule has 2 rings (SSSR count). The predicted octanol–water partition coefficient (Wildman–Crippen LogP) is 2.71. The molecule has 23 heavy (non-hydrogen) atoms. The van der Waals surface area contributed by atoms with Gasteiger partial charge in [-0.25, -0.2) is 0 Å². The number of halogens is 2. The van der Waals surface area contributed by atoms with Crippen molar-refractivity contribution in [2.75, 3.05) is 6.26 Å². The van der Waals surface area contributed by atoms with Gasteiger partial charge in [0.15, 0.2) is 0 Å². The Morgan fingerprint density at radius 2 is 2.00 bits per heavy atom. The molecule has 0 saturated heterocycles. The summed E-state index contributed by atoms with van der Waals surface area (Å²) in [6.07, 6.45) is 3.70. The summed E-state index contributed by atoms with van der Waals surface area (Å²) in [5, 5.41) is 11.4. The molecule has 0 radical (unpaired) electrons. The van der Waals surface area contributed by atoms with Gasteiger partial charge >= 0.3 is 0 Å². The zero-order chi connectivity index (χ0) is 17.3. The van der Waals surface area contributed by atoms with Gasteiger partial charge in [-0.1, -0.05) is 29.3 Å². The van der Waals surface area contributed by atoms with Crippen molar-refractivity contribution in [2.24, 2.45) is 0 Å².